The Kier molecular flexibility index (Phi) is 14.5. The van der Waals surface area contributed by atoms with E-state index < -0.39 is 25.2 Å². The molecule has 2 aromatic rings. The number of halogens is 2. The number of aliphatic hydroxyl groups is 1. The van der Waals surface area contributed by atoms with Crippen molar-refractivity contribution in [3.63, 3.8) is 0 Å². The van der Waals surface area contributed by atoms with Crippen LogP contribution in [0.3, 0.4) is 0 Å². The van der Waals surface area contributed by atoms with Crippen molar-refractivity contribution in [2.75, 3.05) is 6.61 Å². The molecule has 0 saturated heterocycles. The summed E-state index contributed by atoms with van der Waals surface area (Å²) >= 11 is 0. The van der Waals surface area contributed by atoms with Gasteiger partial charge in [-0.15, -0.1) is 0 Å². The molecular formula is C21H33Cl2N2O4P. The number of hydrogen-bond donors (Lipinski definition) is 3. The molecule has 0 radical (unpaired) electrons. The minimum atomic E-state index is -3.02. The summed E-state index contributed by atoms with van der Waals surface area (Å²) in [4.78, 5) is 0. The average molecular weight is 479 g/mol. The minimum Gasteiger partial charge on any atom is -1.00 e. The predicted molar refractivity (Wildman–Crippen MR) is 109 cm³/mol. The molecule has 9 heteroatoms. The molecule has 2 aromatic carbocycles. The van der Waals surface area contributed by atoms with Crippen LogP contribution in [0.2, 0.25) is 0 Å². The van der Waals surface area contributed by atoms with Gasteiger partial charge in [-0.2, -0.15) is 0 Å². The van der Waals surface area contributed by atoms with Crippen molar-refractivity contribution in [1.29, 1.82) is 0 Å². The molecule has 0 heterocycles. The quantitative estimate of drug-likeness (QED) is 0.213. The van der Waals surface area contributed by atoms with Crippen LogP contribution in [0, 0.1) is 0 Å². The van der Waals surface area contributed by atoms with Gasteiger partial charge >= 0.3 is 7.29 Å². The summed E-state index contributed by atoms with van der Waals surface area (Å²) in [6.45, 7) is 2.62. The zero-order chi connectivity index (χ0) is 20.4. The molecule has 0 bridgehead atoms. The van der Waals surface area contributed by atoms with Crippen LogP contribution in [0.5, 0.6) is 0 Å². The average Bonchev–Trinajstić information content (AvgIpc) is 2.71. The first-order valence-electron chi connectivity index (χ1n) is 9.69. The van der Waals surface area contributed by atoms with Crippen molar-refractivity contribution < 1.29 is 55.2 Å². The van der Waals surface area contributed by atoms with Crippen molar-refractivity contribution in [3.8, 4) is 0 Å². The molecule has 0 aliphatic carbocycles. The summed E-state index contributed by atoms with van der Waals surface area (Å²) in [5.41, 5.74) is 10.2. The maximum atomic E-state index is 13.6. The maximum absolute atomic E-state index is 13.6. The number of hydrogen-bond acceptors (Lipinski definition) is 4. The van der Waals surface area contributed by atoms with Crippen LogP contribution in [0.25, 0.3) is 0 Å². The van der Waals surface area contributed by atoms with E-state index in [0.717, 1.165) is 11.1 Å². The summed E-state index contributed by atoms with van der Waals surface area (Å²) in [5.74, 6) is -0.964. The van der Waals surface area contributed by atoms with E-state index in [1.165, 1.54) is 0 Å². The number of aliphatic hydroxyl groups excluding tert-OH is 1. The third-order valence-corrected chi connectivity index (χ3v) is 7.55. The van der Waals surface area contributed by atoms with E-state index in [2.05, 4.69) is 11.2 Å². The molecular weight excluding hydrogens is 446 g/mol. The summed E-state index contributed by atoms with van der Waals surface area (Å²) in [7, 11) is -3.02. The van der Waals surface area contributed by atoms with Gasteiger partial charge in [-0.25, -0.2) is 4.57 Å². The van der Waals surface area contributed by atoms with Crippen LogP contribution in [0.1, 0.15) is 30.9 Å². The Morgan fingerprint density at radius 2 is 1.47 bits per heavy atom. The fourth-order valence-electron chi connectivity index (χ4n) is 2.99. The van der Waals surface area contributed by atoms with Gasteiger partial charge in [0, 0.05) is 25.9 Å². The van der Waals surface area contributed by atoms with Crippen LogP contribution in [-0.4, -0.2) is 29.6 Å². The lowest BCUT2D eigenvalue weighted by Gasteiger charge is -2.24. The maximum Gasteiger partial charge on any atom is 0.325 e. The smallest absolute Gasteiger partial charge is 0.325 e. The molecule has 30 heavy (non-hydrogen) atoms. The summed E-state index contributed by atoms with van der Waals surface area (Å²) in [5, 5.41) is 9.80. The Bertz CT molecular complexity index is 740. The number of quaternary nitrogens is 2. The van der Waals surface area contributed by atoms with Crippen molar-refractivity contribution in [1.82, 2.24) is 0 Å². The summed E-state index contributed by atoms with van der Waals surface area (Å²) in [6, 6.07) is 19.7. The van der Waals surface area contributed by atoms with Crippen LogP contribution in [-0.2, 0) is 27.1 Å². The molecule has 0 aliphatic heterocycles. The van der Waals surface area contributed by atoms with Crippen molar-refractivity contribution in [3.05, 3.63) is 71.8 Å². The first-order valence-corrected chi connectivity index (χ1v) is 11.7. The topological polar surface area (TPSA) is 111 Å². The van der Waals surface area contributed by atoms with Crippen molar-refractivity contribution in [2.24, 2.45) is 0 Å². The van der Waals surface area contributed by atoms with E-state index in [4.69, 9.17) is 9.47 Å². The summed E-state index contributed by atoms with van der Waals surface area (Å²) in [6.07, 6.45) is 0.473. The molecule has 6 nitrogen and oxygen atoms in total. The fourth-order valence-corrected chi connectivity index (χ4v) is 4.89. The molecule has 7 N–H and O–H groups in total. The Morgan fingerprint density at radius 1 is 0.933 bits per heavy atom. The molecule has 0 amide bonds. The highest BCUT2D eigenvalue weighted by Gasteiger charge is 2.43. The number of ether oxygens (including phenoxy) is 2. The predicted octanol–water partition coefficient (Wildman–Crippen LogP) is -4.00. The van der Waals surface area contributed by atoms with Gasteiger partial charge in [0.15, 0.2) is 17.9 Å². The molecule has 4 unspecified atom stereocenters. The molecule has 0 aliphatic rings. The first kappa shape index (κ1) is 29.1. The monoisotopic (exact) mass is 478 g/mol. The van der Waals surface area contributed by atoms with Crippen LogP contribution < -0.4 is 36.1 Å². The van der Waals surface area contributed by atoms with Gasteiger partial charge in [0.05, 0.1) is 6.61 Å². The van der Waals surface area contributed by atoms with Crippen LogP contribution in [0.4, 0.5) is 0 Å². The second kappa shape index (κ2) is 15.0. The number of rotatable bonds is 12. The van der Waals surface area contributed by atoms with Gasteiger partial charge < -0.3 is 50.6 Å². The Morgan fingerprint density at radius 3 is 2.00 bits per heavy atom. The van der Waals surface area contributed by atoms with Crippen molar-refractivity contribution >= 4 is 7.29 Å². The normalized spacial score (nSPS) is 15.7. The lowest BCUT2D eigenvalue weighted by molar-refractivity contribution is -0.405. The Balaban J connectivity index is 0.00000420. The largest absolute Gasteiger partial charge is 1.00 e. The summed E-state index contributed by atoms with van der Waals surface area (Å²) < 4.78 is 24.9. The molecule has 0 spiro atoms. The van der Waals surface area contributed by atoms with Crippen LogP contribution >= 0.6 is 7.29 Å². The Hall–Kier alpha value is -0.950. The molecule has 0 saturated carbocycles. The third kappa shape index (κ3) is 9.46. The highest BCUT2D eigenvalue weighted by atomic mass is 35.5. The number of benzene rings is 2. The van der Waals surface area contributed by atoms with E-state index in [-0.39, 0.29) is 24.8 Å². The SMILES string of the molecule is CCOC(O)CCC([NH3+])P([NH3+])(=O)C(Cc1ccccc1)OCc1ccccc1.[Cl-].[Cl-]. The standard InChI is InChI=1S/C21H31N2O4P.2ClH/c1-2-26-20(24)14-13-19(22)28(23,25)21(15-17-9-5-3-6-10-17)27-16-18-11-7-4-8-12-18;;/h3-12,19-21,24H,2,13-16,22H2,1H3,(H2,23,25);2*1H. The van der Waals surface area contributed by atoms with E-state index in [1.54, 1.807) is 0 Å². The van der Waals surface area contributed by atoms with E-state index in [0.29, 0.717) is 32.5 Å². The first-order chi connectivity index (χ1) is 13.4. The Labute approximate surface area is 191 Å². The molecule has 4 atom stereocenters. The van der Waals surface area contributed by atoms with Gasteiger partial charge in [-0.3, -0.25) is 0 Å². The van der Waals surface area contributed by atoms with Gasteiger partial charge in [0.2, 0.25) is 0 Å². The van der Waals surface area contributed by atoms with Gasteiger partial charge in [0.25, 0.3) is 0 Å². The third-order valence-electron chi connectivity index (χ3n) is 4.75. The van der Waals surface area contributed by atoms with Gasteiger partial charge in [0.1, 0.15) is 0 Å². The lowest BCUT2D eigenvalue weighted by Crippen LogP contribution is -3.00. The molecule has 0 fully saturated rings. The highest BCUT2D eigenvalue weighted by molar-refractivity contribution is 7.57. The zero-order valence-electron chi connectivity index (χ0n) is 17.3. The second-order valence-corrected chi connectivity index (χ2v) is 9.95. The molecule has 2 rings (SSSR count). The van der Waals surface area contributed by atoms with Gasteiger partial charge in [-0.05, 0) is 18.1 Å². The van der Waals surface area contributed by atoms with Crippen molar-refractivity contribution in [2.45, 2.75) is 50.7 Å². The van der Waals surface area contributed by atoms with E-state index in [9.17, 15) is 9.67 Å². The fraction of sp³-hybridized carbons (Fsp3) is 0.429. The second-order valence-electron chi connectivity index (χ2n) is 6.94. The van der Waals surface area contributed by atoms with E-state index in [1.807, 2.05) is 67.6 Å². The zero-order valence-corrected chi connectivity index (χ0v) is 19.7. The van der Waals surface area contributed by atoms with E-state index >= 15 is 0 Å². The highest BCUT2D eigenvalue weighted by Crippen LogP contribution is 2.45. The van der Waals surface area contributed by atoms with Gasteiger partial charge in [-0.1, -0.05) is 60.7 Å². The lowest BCUT2D eigenvalue weighted by atomic mass is 10.2. The van der Waals surface area contributed by atoms with Crippen LogP contribution in [0.15, 0.2) is 60.7 Å². The molecule has 170 valence electrons. The molecule has 0 aromatic heterocycles. The minimum absolute atomic E-state index is 0.